The van der Waals surface area contributed by atoms with E-state index in [4.69, 9.17) is 5.73 Å². The maximum absolute atomic E-state index is 14.7. The van der Waals surface area contributed by atoms with Crippen LogP contribution < -0.4 is 21.1 Å². The first-order chi connectivity index (χ1) is 22.6. The third-order valence-electron chi connectivity index (χ3n) is 8.15. The average Bonchev–Trinajstić information content (AvgIpc) is 3.47. The number of amides is 5. The highest BCUT2D eigenvalue weighted by molar-refractivity contribution is 6.06. The van der Waals surface area contributed by atoms with Crippen LogP contribution in [0.15, 0.2) is 36.4 Å². The summed E-state index contributed by atoms with van der Waals surface area (Å²) in [5.41, 5.74) is 5.05. The van der Waals surface area contributed by atoms with E-state index < -0.39 is 84.4 Å². The number of carbonyl (C=O) groups excluding carboxylic acids is 4. The Labute approximate surface area is 267 Å². The molecule has 2 aliphatic heterocycles. The van der Waals surface area contributed by atoms with E-state index >= 15 is 0 Å². The molecule has 5 amide bonds. The number of alkyl halides is 5. The fraction of sp³-hybridized carbons (Fsp3) is 0.367. The molecule has 18 heteroatoms. The SMILES string of the molecule is NC(=O)c1nn(CC(=O)N2C(C(=O)Nc3cccc(OC(F)(F)F)c3F)CC3C#CC32)c2ccc(NC(=O)N3CCCC(F)(F)C3)cc12. The van der Waals surface area contributed by atoms with E-state index in [-0.39, 0.29) is 48.1 Å². The zero-order valence-corrected chi connectivity index (χ0v) is 24.6. The Balaban J connectivity index is 1.21. The molecule has 2 aromatic carbocycles. The molecule has 4 N–H and O–H groups in total. The third kappa shape index (κ3) is 6.39. The molecule has 3 heterocycles. The number of piperidine rings is 1. The number of hydrogen-bond acceptors (Lipinski definition) is 6. The molecule has 0 spiro atoms. The van der Waals surface area contributed by atoms with Gasteiger partial charge >= 0.3 is 12.4 Å². The predicted molar refractivity (Wildman–Crippen MR) is 155 cm³/mol. The second-order valence-electron chi connectivity index (χ2n) is 11.5. The number of nitrogens with one attached hydrogen (secondary N) is 2. The summed E-state index contributed by atoms with van der Waals surface area (Å²) in [4.78, 5) is 54.0. The number of nitrogens with zero attached hydrogens (tertiary/aromatic N) is 4. The van der Waals surface area contributed by atoms with Crippen LogP contribution in [0, 0.1) is 23.6 Å². The molecule has 0 saturated carbocycles. The molecule has 6 rings (SSSR count). The number of rotatable bonds is 7. The van der Waals surface area contributed by atoms with Crippen molar-refractivity contribution < 1.29 is 50.3 Å². The molecule has 3 aromatic rings. The number of likely N-dealkylation sites (tertiary alicyclic amines) is 2. The molecule has 252 valence electrons. The van der Waals surface area contributed by atoms with Crippen LogP contribution in [-0.2, 0) is 16.1 Å². The molecule has 3 aliphatic rings. The molecular formula is C30H25F6N7O5. The van der Waals surface area contributed by atoms with Crippen LogP contribution in [0.2, 0.25) is 0 Å². The summed E-state index contributed by atoms with van der Waals surface area (Å²) in [6.07, 6.45) is -5.32. The lowest BCUT2D eigenvalue weighted by Crippen LogP contribution is -2.49. The van der Waals surface area contributed by atoms with E-state index in [1.54, 1.807) is 0 Å². The van der Waals surface area contributed by atoms with Gasteiger partial charge in [0.25, 0.3) is 11.8 Å². The number of fused-ring (bicyclic) bond motifs is 2. The minimum Gasteiger partial charge on any atom is -0.403 e. The molecule has 2 fully saturated rings. The Kier molecular flexibility index (Phi) is 8.09. The van der Waals surface area contributed by atoms with E-state index in [1.807, 2.05) is 0 Å². The second-order valence-corrected chi connectivity index (χ2v) is 11.5. The predicted octanol–water partition coefficient (Wildman–Crippen LogP) is 3.68. The number of halogens is 6. The van der Waals surface area contributed by atoms with Crippen LogP contribution in [0.1, 0.15) is 29.8 Å². The van der Waals surface area contributed by atoms with Crippen LogP contribution in [0.3, 0.4) is 0 Å². The summed E-state index contributed by atoms with van der Waals surface area (Å²) in [6, 6.07) is 4.36. The van der Waals surface area contributed by atoms with Crippen molar-refractivity contribution in [3.63, 3.8) is 0 Å². The van der Waals surface area contributed by atoms with E-state index in [0.717, 1.165) is 27.8 Å². The minimum atomic E-state index is -5.18. The van der Waals surface area contributed by atoms with Gasteiger partial charge in [0.05, 0.1) is 23.7 Å². The van der Waals surface area contributed by atoms with Gasteiger partial charge in [0.2, 0.25) is 11.8 Å². The van der Waals surface area contributed by atoms with Gasteiger partial charge in [-0.25, -0.2) is 18.0 Å². The zero-order valence-electron chi connectivity index (χ0n) is 24.6. The van der Waals surface area contributed by atoms with Gasteiger partial charge in [0.1, 0.15) is 18.6 Å². The summed E-state index contributed by atoms with van der Waals surface area (Å²) in [5, 5.41) is 9.04. The standard InChI is InChI=1S/C30H25F6N7O5/c31-24-18(3-1-4-22(24)48-30(34,35)36)39-27(46)21-11-15-5-7-19(15)43(21)23(44)13-42-20-8-6-16(12-17(20)25(40-42)26(37)45)38-28(47)41-10-2-9-29(32,33)14-41/h1,3-4,6,8,12,15,19,21H,2,9-11,13-14H2,(H2,37,45)(H,38,47)(H,39,46). The molecule has 3 atom stereocenters. The zero-order chi connectivity index (χ0) is 34.5. The van der Waals surface area contributed by atoms with Crippen LogP contribution in [0.5, 0.6) is 5.75 Å². The number of carbonyl (C=O) groups is 4. The third-order valence-corrected chi connectivity index (χ3v) is 8.15. The van der Waals surface area contributed by atoms with Gasteiger partial charge in [0.15, 0.2) is 17.3 Å². The summed E-state index contributed by atoms with van der Waals surface area (Å²) < 4.78 is 85.2. The molecular weight excluding hydrogens is 652 g/mol. The fourth-order valence-electron chi connectivity index (χ4n) is 5.98. The van der Waals surface area contributed by atoms with Crippen molar-refractivity contribution >= 4 is 46.0 Å². The van der Waals surface area contributed by atoms with Gasteiger partial charge in [-0.1, -0.05) is 17.9 Å². The number of ether oxygens (including phenoxy) is 1. The molecule has 0 radical (unpaired) electrons. The van der Waals surface area contributed by atoms with Crippen molar-refractivity contribution in [2.45, 2.75) is 50.2 Å². The number of nitrogens with two attached hydrogens (primary N) is 1. The quantitative estimate of drug-likeness (QED) is 0.257. The smallest absolute Gasteiger partial charge is 0.403 e. The van der Waals surface area contributed by atoms with Crippen LogP contribution in [0.4, 0.5) is 42.5 Å². The number of benzene rings is 2. The number of urea groups is 1. The van der Waals surface area contributed by atoms with Crippen molar-refractivity contribution in [1.82, 2.24) is 19.6 Å². The number of anilines is 2. The number of primary amides is 1. The fourth-order valence-corrected chi connectivity index (χ4v) is 5.98. The van der Waals surface area contributed by atoms with Crippen LogP contribution in [-0.4, -0.2) is 80.8 Å². The Bertz CT molecular complexity index is 1900. The molecule has 1 aliphatic carbocycles. The molecule has 3 unspecified atom stereocenters. The highest BCUT2D eigenvalue weighted by atomic mass is 19.4. The normalized spacial score (nSPS) is 21.1. The largest absolute Gasteiger partial charge is 0.573 e. The lowest BCUT2D eigenvalue weighted by Gasteiger charge is -2.32. The summed E-state index contributed by atoms with van der Waals surface area (Å²) in [7, 11) is 0. The second kappa shape index (κ2) is 12.0. The topological polar surface area (TPSA) is 152 Å². The average molecular weight is 678 g/mol. The molecule has 0 bridgehead atoms. The Morgan fingerprint density at radius 3 is 2.54 bits per heavy atom. The lowest BCUT2D eigenvalue weighted by molar-refractivity contribution is -0.275. The van der Waals surface area contributed by atoms with Gasteiger partial charge in [-0.3, -0.25) is 19.1 Å². The summed E-state index contributed by atoms with van der Waals surface area (Å²) in [5.74, 6) is -2.92. The van der Waals surface area contributed by atoms with E-state index in [0.29, 0.717) is 0 Å². The number of aromatic nitrogens is 2. The van der Waals surface area contributed by atoms with Crippen LogP contribution in [0.25, 0.3) is 10.9 Å². The van der Waals surface area contributed by atoms with Crippen molar-refractivity contribution in [1.29, 1.82) is 0 Å². The minimum absolute atomic E-state index is 0.0635. The summed E-state index contributed by atoms with van der Waals surface area (Å²) in [6.45, 7) is -1.13. The first-order valence-electron chi connectivity index (χ1n) is 14.5. The Morgan fingerprint density at radius 2 is 1.88 bits per heavy atom. The van der Waals surface area contributed by atoms with E-state index in [1.165, 1.54) is 23.1 Å². The first kappa shape index (κ1) is 32.5. The number of hydrogen-bond donors (Lipinski definition) is 3. The highest BCUT2D eigenvalue weighted by Crippen LogP contribution is 2.36. The summed E-state index contributed by atoms with van der Waals surface area (Å²) >= 11 is 0. The van der Waals surface area contributed by atoms with Crippen molar-refractivity contribution in [3.8, 4) is 17.6 Å². The van der Waals surface area contributed by atoms with E-state index in [2.05, 4.69) is 32.3 Å². The first-order valence-corrected chi connectivity index (χ1v) is 14.5. The lowest BCUT2D eigenvalue weighted by atomic mass is 9.92. The monoisotopic (exact) mass is 677 g/mol. The van der Waals surface area contributed by atoms with Gasteiger partial charge in [-0.15, -0.1) is 13.2 Å². The highest BCUT2D eigenvalue weighted by Gasteiger charge is 2.49. The molecule has 12 nitrogen and oxygen atoms in total. The molecule has 1 aromatic heterocycles. The van der Waals surface area contributed by atoms with Crippen molar-refractivity contribution in [3.05, 3.63) is 47.9 Å². The molecule has 48 heavy (non-hydrogen) atoms. The maximum atomic E-state index is 14.7. The van der Waals surface area contributed by atoms with Gasteiger partial charge in [0, 0.05) is 24.0 Å². The van der Waals surface area contributed by atoms with E-state index in [9.17, 15) is 45.5 Å². The van der Waals surface area contributed by atoms with Crippen LogP contribution >= 0.6 is 0 Å². The Morgan fingerprint density at radius 1 is 1.10 bits per heavy atom. The maximum Gasteiger partial charge on any atom is 0.573 e. The van der Waals surface area contributed by atoms with Crippen molar-refractivity contribution in [2.24, 2.45) is 11.7 Å². The Hall–Kier alpha value is -5.47. The molecule has 2 saturated heterocycles. The van der Waals surface area contributed by atoms with Gasteiger partial charge in [-0.05, 0) is 43.2 Å². The van der Waals surface area contributed by atoms with Crippen molar-refractivity contribution in [2.75, 3.05) is 23.7 Å². The van der Waals surface area contributed by atoms with Gasteiger partial charge < -0.3 is 30.9 Å². The van der Waals surface area contributed by atoms with Gasteiger partial charge in [-0.2, -0.15) is 5.10 Å².